The first-order chi connectivity index (χ1) is 15.6. The standard InChI is InChI=1S/C23H27F3N4O3/c1-14-20(30(13-27-14)19-11-33-12-19)28-21(31)15-5-4-8-18(10-15)29(2)22(32)16-6-3-7-17(9-16)23(24,25)26/h3,6-7,9,13,15,18-19H,4-5,8,10-12H2,1-2H3,(H,28,31)/t15-,18+/m0/s1. The summed E-state index contributed by atoms with van der Waals surface area (Å²) in [5.74, 6) is -0.263. The number of alkyl halides is 3. The third-order valence-corrected chi connectivity index (χ3v) is 6.55. The molecular weight excluding hydrogens is 437 g/mol. The first-order valence-electron chi connectivity index (χ1n) is 11.0. The Morgan fingerprint density at radius 1 is 1.24 bits per heavy atom. The molecule has 7 nitrogen and oxygen atoms in total. The molecule has 10 heteroatoms. The second-order valence-corrected chi connectivity index (χ2v) is 8.78. The molecule has 1 N–H and O–H groups in total. The van der Waals surface area contributed by atoms with Crippen LogP contribution in [-0.2, 0) is 15.7 Å². The molecule has 2 fully saturated rings. The normalized spacial score (nSPS) is 21.4. The number of amides is 2. The van der Waals surface area contributed by atoms with Crippen LogP contribution in [0, 0.1) is 12.8 Å². The SMILES string of the molecule is Cc1ncn(C2COC2)c1NC(=O)[C@H]1CCC[C@@H](N(C)C(=O)c2cccc(C(F)(F)F)c2)C1. The highest BCUT2D eigenvalue weighted by atomic mass is 19.4. The molecule has 2 aromatic rings. The van der Waals surface area contributed by atoms with Gasteiger partial charge in [-0.15, -0.1) is 0 Å². The Hall–Kier alpha value is -2.88. The van der Waals surface area contributed by atoms with Crippen LogP contribution in [0.4, 0.5) is 19.0 Å². The Kier molecular flexibility index (Phi) is 6.47. The van der Waals surface area contributed by atoms with Crippen LogP contribution >= 0.6 is 0 Å². The van der Waals surface area contributed by atoms with Crippen LogP contribution in [0.3, 0.4) is 0 Å². The molecule has 178 valence electrons. The molecule has 4 rings (SSSR count). The first-order valence-corrected chi connectivity index (χ1v) is 11.0. The number of rotatable bonds is 5. The van der Waals surface area contributed by atoms with Gasteiger partial charge in [-0.25, -0.2) is 4.98 Å². The molecule has 2 aliphatic rings. The Balaban J connectivity index is 1.42. The van der Waals surface area contributed by atoms with Gasteiger partial charge in [-0.05, 0) is 44.4 Å². The molecule has 2 heterocycles. The number of benzene rings is 1. The number of hydrogen-bond donors (Lipinski definition) is 1. The van der Waals surface area contributed by atoms with E-state index in [1.807, 2.05) is 11.5 Å². The monoisotopic (exact) mass is 464 g/mol. The van der Waals surface area contributed by atoms with E-state index in [4.69, 9.17) is 4.74 Å². The zero-order valence-electron chi connectivity index (χ0n) is 18.6. The smallest absolute Gasteiger partial charge is 0.377 e. The Labute approximate surface area is 189 Å². The molecule has 33 heavy (non-hydrogen) atoms. The highest BCUT2D eigenvalue weighted by molar-refractivity contribution is 5.95. The van der Waals surface area contributed by atoms with E-state index in [1.54, 1.807) is 13.4 Å². The van der Waals surface area contributed by atoms with Gasteiger partial charge in [0.25, 0.3) is 5.91 Å². The minimum atomic E-state index is -4.51. The quantitative estimate of drug-likeness (QED) is 0.724. The van der Waals surface area contributed by atoms with Crippen molar-refractivity contribution in [3.63, 3.8) is 0 Å². The molecule has 2 atom stereocenters. The minimum Gasteiger partial charge on any atom is -0.377 e. The molecule has 1 aromatic heterocycles. The fourth-order valence-corrected chi connectivity index (χ4v) is 4.44. The van der Waals surface area contributed by atoms with Gasteiger partial charge in [0, 0.05) is 24.6 Å². The van der Waals surface area contributed by atoms with Gasteiger partial charge in [0.15, 0.2) is 0 Å². The predicted molar refractivity (Wildman–Crippen MR) is 115 cm³/mol. The lowest BCUT2D eigenvalue weighted by Gasteiger charge is -2.35. The summed E-state index contributed by atoms with van der Waals surface area (Å²) in [7, 11) is 1.59. The number of imidazole rings is 1. The lowest BCUT2D eigenvalue weighted by molar-refractivity contribution is -0.137. The second-order valence-electron chi connectivity index (χ2n) is 8.78. The van der Waals surface area contributed by atoms with E-state index >= 15 is 0 Å². The van der Waals surface area contributed by atoms with Crippen LogP contribution in [0.2, 0.25) is 0 Å². The van der Waals surface area contributed by atoms with Gasteiger partial charge >= 0.3 is 6.18 Å². The van der Waals surface area contributed by atoms with Crippen LogP contribution in [0.1, 0.15) is 53.3 Å². The Bertz CT molecular complexity index is 1030. The maximum atomic E-state index is 13.0. The van der Waals surface area contributed by atoms with Gasteiger partial charge in [0.05, 0.1) is 36.8 Å². The number of hydrogen-bond acceptors (Lipinski definition) is 4. The maximum absolute atomic E-state index is 13.0. The van der Waals surface area contributed by atoms with E-state index in [2.05, 4.69) is 10.3 Å². The minimum absolute atomic E-state index is 0.0128. The number of carbonyl (C=O) groups is 2. The van der Waals surface area contributed by atoms with Crippen molar-refractivity contribution in [1.82, 2.24) is 14.5 Å². The molecule has 1 aromatic carbocycles. The van der Waals surface area contributed by atoms with Crippen LogP contribution in [-0.4, -0.2) is 52.6 Å². The van der Waals surface area contributed by atoms with E-state index in [0.29, 0.717) is 38.3 Å². The molecule has 1 saturated heterocycles. The predicted octanol–water partition coefficient (Wildman–Crippen LogP) is 4.05. The third-order valence-electron chi connectivity index (χ3n) is 6.55. The van der Waals surface area contributed by atoms with Crippen molar-refractivity contribution in [3.8, 4) is 0 Å². The topological polar surface area (TPSA) is 76.5 Å². The number of halogens is 3. The molecular formula is C23H27F3N4O3. The third kappa shape index (κ3) is 4.90. The molecule has 0 unspecified atom stereocenters. The number of aryl methyl sites for hydroxylation is 1. The summed E-state index contributed by atoms with van der Waals surface area (Å²) < 4.78 is 46.3. The van der Waals surface area contributed by atoms with Crippen molar-refractivity contribution in [2.75, 3.05) is 25.6 Å². The number of carbonyl (C=O) groups excluding carboxylic acids is 2. The van der Waals surface area contributed by atoms with Crippen LogP contribution in [0.15, 0.2) is 30.6 Å². The van der Waals surface area contributed by atoms with Crippen LogP contribution in [0.25, 0.3) is 0 Å². The summed E-state index contributed by atoms with van der Waals surface area (Å²) in [6.45, 7) is 2.98. The highest BCUT2D eigenvalue weighted by Gasteiger charge is 2.34. The van der Waals surface area contributed by atoms with Crippen molar-refractivity contribution >= 4 is 17.6 Å². The zero-order chi connectivity index (χ0) is 23.8. The van der Waals surface area contributed by atoms with E-state index < -0.39 is 17.6 Å². The van der Waals surface area contributed by atoms with Gasteiger partial charge in [0.2, 0.25) is 5.91 Å². The highest BCUT2D eigenvalue weighted by Crippen LogP contribution is 2.32. The molecule has 2 amide bonds. The molecule has 0 radical (unpaired) electrons. The number of anilines is 1. The van der Waals surface area contributed by atoms with Crippen LogP contribution in [0.5, 0.6) is 0 Å². The fraction of sp³-hybridized carbons (Fsp3) is 0.522. The summed E-state index contributed by atoms with van der Waals surface area (Å²) in [6, 6.07) is 4.36. The molecule has 1 aliphatic heterocycles. The van der Waals surface area contributed by atoms with Crippen molar-refractivity contribution < 1.29 is 27.5 Å². The van der Waals surface area contributed by atoms with E-state index in [1.165, 1.54) is 17.0 Å². The molecule has 0 bridgehead atoms. The average molecular weight is 464 g/mol. The van der Waals surface area contributed by atoms with Gasteiger partial charge in [-0.3, -0.25) is 9.59 Å². The first kappa shape index (κ1) is 23.3. The van der Waals surface area contributed by atoms with Gasteiger partial charge in [0.1, 0.15) is 5.82 Å². The summed E-state index contributed by atoms with van der Waals surface area (Å²) in [5.41, 5.74) is -0.146. The summed E-state index contributed by atoms with van der Waals surface area (Å²) in [5, 5.41) is 3.00. The van der Waals surface area contributed by atoms with Crippen molar-refractivity contribution in [2.45, 2.75) is 50.9 Å². The number of nitrogens with zero attached hydrogens (tertiary/aromatic N) is 3. The Morgan fingerprint density at radius 2 is 2.00 bits per heavy atom. The largest absolute Gasteiger partial charge is 0.416 e. The van der Waals surface area contributed by atoms with Gasteiger partial charge in [-0.1, -0.05) is 12.5 Å². The zero-order valence-corrected chi connectivity index (χ0v) is 18.6. The van der Waals surface area contributed by atoms with Crippen molar-refractivity contribution in [2.24, 2.45) is 5.92 Å². The van der Waals surface area contributed by atoms with Gasteiger partial charge in [-0.2, -0.15) is 13.2 Å². The van der Waals surface area contributed by atoms with E-state index in [9.17, 15) is 22.8 Å². The maximum Gasteiger partial charge on any atom is 0.416 e. The lowest BCUT2D eigenvalue weighted by atomic mass is 9.84. The van der Waals surface area contributed by atoms with E-state index in [0.717, 1.165) is 24.2 Å². The number of ether oxygens (including phenoxy) is 1. The molecule has 1 aliphatic carbocycles. The van der Waals surface area contributed by atoms with Crippen molar-refractivity contribution in [3.05, 3.63) is 47.4 Å². The molecule has 1 saturated carbocycles. The van der Waals surface area contributed by atoms with Crippen molar-refractivity contribution in [1.29, 1.82) is 0 Å². The van der Waals surface area contributed by atoms with E-state index in [-0.39, 0.29) is 29.5 Å². The lowest BCUT2D eigenvalue weighted by Crippen LogP contribution is -2.42. The second kappa shape index (κ2) is 9.17. The van der Waals surface area contributed by atoms with Crippen LogP contribution < -0.4 is 5.32 Å². The molecule has 0 spiro atoms. The average Bonchev–Trinajstić information content (AvgIpc) is 3.11. The van der Waals surface area contributed by atoms with Gasteiger partial charge < -0.3 is 19.5 Å². The Morgan fingerprint density at radius 3 is 2.67 bits per heavy atom. The summed E-state index contributed by atoms with van der Waals surface area (Å²) >= 11 is 0. The number of nitrogens with one attached hydrogen (secondary N) is 1. The summed E-state index contributed by atoms with van der Waals surface area (Å²) in [6.07, 6.45) is -0.234. The number of aromatic nitrogens is 2. The fourth-order valence-electron chi connectivity index (χ4n) is 4.44. The summed E-state index contributed by atoms with van der Waals surface area (Å²) in [4.78, 5) is 31.7.